The van der Waals surface area contributed by atoms with Gasteiger partial charge >= 0.3 is 12.1 Å². The molecule has 0 spiro atoms. The molecule has 1 heterocycles. The summed E-state index contributed by atoms with van der Waals surface area (Å²) >= 11 is 11.3. The van der Waals surface area contributed by atoms with Crippen LogP contribution in [0.25, 0.3) is 0 Å². The average Bonchev–Trinajstić information content (AvgIpc) is 2.86. The molecule has 0 aliphatic heterocycles. The van der Waals surface area contributed by atoms with Gasteiger partial charge in [-0.25, -0.2) is 18.1 Å². The standard InChI is InChI=1S/C13H8Cl2F5N3O3S/c14-7-2-1-3-8(4-7)27(25,26)22-11(24)9-10(15)23(6-21-9)5-12(16,17)13(18,19)20/h1-4,6H,5H2,(H,22,24). The number of imidazole rings is 1. The molecule has 0 bridgehead atoms. The smallest absolute Gasteiger partial charge is 0.315 e. The number of hydrogen-bond donors (Lipinski definition) is 1. The number of aromatic nitrogens is 2. The van der Waals surface area contributed by atoms with E-state index in [1.807, 2.05) is 0 Å². The molecule has 0 aliphatic rings. The third kappa shape index (κ3) is 4.68. The first kappa shape index (κ1) is 21.4. The van der Waals surface area contributed by atoms with Crippen LogP contribution in [0.1, 0.15) is 10.5 Å². The van der Waals surface area contributed by atoms with Crippen molar-refractivity contribution in [1.29, 1.82) is 0 Å². The molecule has 1 N–H and O–H groups in total. The summed E-state index contributed by atoms with van der Waals surface area (Å²) in [6.45, 7) is -1.93. The monoisotopic (exact) mass is 451 g/mol. The molecule has 2 aromatic rings. The summed E-state index contributed by atoms with van der Waals surface area (Å²) in [6.07, 6.45) is -5.39. The summed E-state index contributed by atoms with van der Waals surface area (Å²) < 4.78 is 88.9. The minimum Gasteiger partial charge on any atom is -0.315 e. The predicted molar refractivity (Wildman–Crippen MR) is 84.3 cm³/mol. The molecular weight excluding hydrogens is 444 g/mol. The summed E-state index contributed by atoms with van der Waals surface area (Å²) in [7, 11) is -4.42. The van der Waals surface area contributed by atoms with Gasteiger partial charge in [-0.1, -0.05) is 29.3 Å². The number of benzene rings is 1. The highest BCUT2D eigenvalue weighted by Gasteiger charge is 2.57. The molecule has 1 amide bonds. The zero-order valence-electron chi connectivity index (χ0n) is 12.8. The topological polar surface area (TPSA) is 81.1 Å². The van der Waals surface area contributed by atoms with E-state index in [9.17, 15) is 35.2 Å². The SMILES string of the molecule is O=C(NS(=O)(=O)c1cccc(Cl)c1)c1ncn(CC(F)(F)C(F)(F)F)c1Cl. The highest BCUT2D eigenvalue weighted by molar-refractivity contribution is 7.90. The molecule has 0 fully saturated rings. The Labute approximate surface area is 158 Å². The number of rotatable bonds is 5. The second-order valence-corrected chi connectivity index (χ2v) is 7.58. The number of halogens is 7. The summed E-state index contributed by atoms with van der Waals surface area (Å²) in [5.74, 6) is -6.56. The normalized spacial score (nSPS) is 12.9. The molecule has 27 heavy (non-hydrogen) atoms. The summed E-state index contributed by atoms with van der Waals surface area (Å²) in [5, 5.41) is -0.834. The second kappa shape index (κ2) is 7.24. The molecule has 6 nitrogen and oxygen atoms in total. The Hall–Kier alpha value is -1.92. The van der Waals surface area contributed by atoms with Crippen LogP contribution < -0.4 is 4.72 Å². The first-order chi connectivity index (χ1) is 12.2. The lowest BCUT2D eigenvalue weighted by molar-refractivity contribution is -0.286. The first-order valence-electron chi connectivity index (χ1n) is 6.72. The summed E-state index contributed by atoms with van der Waals surface area (Å²) in [5.41, 5.74) is -0.847. The lowest BCUT2D eigenvalue weighted by Crippen LogP contribution is -2.40. The number of carbonyl (C=O) groups excluding carboxylic acids is 1. The van der Waals surface area contributed by atoms with Crippen molar-refractivity contribution in [3.8, 4) is 0 Å². The lowest BCUT2D eigenvalue weighted by atomic mass is 10.3. The van der Waals surface area contributed by atoms with Crippen LogP contribution in [-0.4, -0.2) is 36.0 Å². The van der Waals surface area contributed by atoms with Crippen molar-refractivity contribution >= 4 is 39.1 Å². The molecule has 0 radical (unpaired) electrons. The first-order valence-corrected chi connectivity index (χ1v) is 8.96. The molecule has 0 unspecified atom stereocenters. The largest absolute Gasteiger partial charge is 0.455 e. The van der Waals surface area contributed by atoms with E-state index in [1.54, 1.807) is 4.72 Å². The van der Waals surface area contributed by atoms with Gasteiger partial charge in [-0.2, -0.15) is 22.0 Å². The number of carbonyl (C=O) groups is 1. The highest BCUT2D eigenvalue weighted by atomic mass is 35.5. The Balaban J connectivity index is 2.25. The molecule has 2 rings (SSSR count). The van der Waals surface area contributed by atoms with Crippen LogP contribution in [0.2, 0.25) is 10.2 Å². The Morgan fingerprint density at radius 2 is 1.81 bits per heavy atom. The fourth-order valence-corrected chi connectivity index (χ4v) is 3.29. The van der Waals surface area contributed by atoms with Crippen molar-refractivity contribution in [2.45, 2.75) is 23.5 Å². The molecule has 0 saturated carbocycles. The number of nitrogens with zero attached hydrogens (tertiary/aromatic N) is 2. The number of alkyl halides is 5. The third-order valence-electron chi connectivity index (χ3n) is 3.11. The van der Waals surface area contributed by atoms with Crippen molar-refractivity contribution in [1.82, 2.24) is 14.3 Å². The summed E-state index contributed by atoms with van der Waals surface area (Å²) in [6, 6.07) is 4.82. The van der Waals surface area contributed by atoms with Gasteiger partial charge in [0.2, 0.25) is 0 Å². The quantitative estimate of drug-likeness (QED) is 0.705. The third-order valence-corrected chi connectivity index (χ3v) is 5.07. The number of nitrogens with one attached hydrogen (secondary N) is 1. The van der Waals surface area contributed by atoms with Gasteiger partial charge in [0.1, 0.15) is 5.15 Å². The Morgan fingerprint density at radius 3 is 2.37 bits per heavy atom. The summed E-state index contributed by atoms with van der Waals surface area (Å²) in [4.78, 5) is 14.9. The molecule has 0 saturated heterocycles. The van der Waals surface area contributed by atoms with Gasteiger partial charge < -0.3 is 4.57 Å². The van der Waals surface area contributed by atoms with E-state index >= 15 is 0 Å². The van der Waals surface area contributed by atoms with E-state index in [4.69, 9.17) is 23.2 Å². The van der Waals surface area contributed by atoms with Crippen molar-refractivity contribution in [2.24, 2.45) is 0 Å². The van der Waals surface area contributed by atoms with Crippen LogP contribution in [-0.2, 0) is 16.6 Å². The van der Waals surface area contributed by atoms with Gasteiger partial charge in [-0.15, -0.1) is 0 Å². The molecule has 0 atom stereocenters. The lowest BCUT2D eigenvalue weighted by Gasteiger charge is -2.20. The van der Waals surface area contributed by atoms with Crippen molar-refractivity contribution in [3.63, 3.8) is 0 Å². The van der Waals surface area contributed by atoms with E-state index in [2.05, 4.69) is 4.98 Å². The van der Waals surface area contributed by atoms with E-state index in [-0.39, 0.29) is 14.5 Å². The number of sulfonamides is 1. The molecule has 14 heteroatoms. The fourth-order valence-electron chi connectivity index (χ4n) is 1.80. The maximum absolute atomic E-state index is 13.1. The van der Waals surface area contributed by atoms with Crippen LogP contribution in [0.4, 0.5) is 22.0 Å². The maximum Gasteiger partial charge on any atom is 0.455 e. The van der Waals surface area contributed by atoms with Crippen molar-refractivity contribution in [2.75, 3.05) is 0 Å². The highest BCUT2D eigenvalue weighted by Crippen LogP contribution is 2.37. The van der Waals surface area contributed by atoms with Crippen molar-refractivity contribution < 1.29 is 35.2 Å². The van der Waals surface area contributed by atoms with Gasteiger partial charge in [-0.3, -0.25) is 4.79 Å². The predicted octanol–water partition coefficient (Wildman–Crippen LogP) is 3.51. The molecule has 1 aromatic heterocycles. The van der Waals surface area contributed by atoms with Crippen LogP contribution in [0.3, 0.4) is 0 Å². The van der Waals surface area contributed by atoms with E-state index in [1.165, 1.54) is 12.1 Å². The minimum atomic E-state index is -5.85. The second-order valence-electron chi connectivity index (χ2n) is 5.11. The Morgan fingerprint density at radius 1 is 1.19 bits per heavy atom. The van der Waals surface area contributed by atoms with Gasteiger partial charge in [0.05, 0.1) is 17.8 Å². The number of hydrogen-bond acceptors (Lipinski definition) is 4. The molecular formula is C13H8Cl2F5N3O3S. The minimum absolute atomic E-state index is 0.0574. The average molecular weight is 452 g/mol. The van der Waals surface area contributed by atoms with Gasteiger partial charge in [0.15, 0.2) is 5.69 Å². The van der Waals surface area contributed by atoms with E-state index in [0.717, 1.165) is 12.1 Å². The molecule has 0 aliphatic carbocycles. The van der Waals surface area contributed by atoms with Crippen molar-refractivity contribution in [3.05, 3.63) is 46.5 Å². The van der Waals surface area contributed by atoms with Crippen LogP contribution >= 0.6 is 23.2 Å². The Bertz CT molecular complexity index is 976. The Kier molecular flexibility index (Phi) is 5.74. The molecule has 1 aromatic carbocycles. The van der Waals surface area contributed by atoms with Gasteiger partial charge in [-0.05, 0) is 18.2 Å². The molecule has 148 valence electrons. The van der Waals surface area contributed by atoms with Crippen LogP contribution in [0, 0.1) is 0 Å². The van der Waals surface area contributed by atoms with E-state index < -0.39 is 45.4 Å². The van der Waals surface area contributed by atoms with Gasteiger partial charge in [0, 0.05) is 5.02 Å². The maximum atomic E-state index is 13.1. The van der Waals surface area contributed by atoms with E-state index in [0.29, 0.717) is 6.33 Å². The zero-order chi connectivity index (χ0) is 20.6. The fraction of sp³-hybridized carbons (Fsp3) is 0.231. The zero-order valence-corrected chi connectivity index (χ0v) is 15.1. The van der Waals surface area contributed by atoms with Crippen LogP contribution in [0.15, 0.2) is 35.5 Å². The van der Waals surface area contributed by atoms with Gasteiger partial charge in [0.25, 0.3) is 15.9 Å². The van der Waals surface area contributed by atoms with Crippen LogP contribution in [0.5, 0.6) is 0 Å². The number of amides is 1.